The maximum atomic E-state index is 12.8. The van der Waals surface area contributed by atoms with Crippen LogP contribution in [0.3, 0.4) is 0 Å². The van der Waals surface area contributed by atoms with Gasteiger partial charge in [0.25, 0.3) is 0 Å². The van der Waals surface area contributed by atoms with Gasteiger partial charge in [-0.05, 0) is 18.6 Å². The number of carboxylic acid groups (broad SMARTS) is 1. The second-order valence-electron chi connectivity index (χ2n) is 8.35. The normalized spacial score (nSPS) is 14.4. The number of nitrogens with two attached hydrogens (primary N) is 1. The number of H-pyrrole nitrogens is 2. The molecule has 0 radical (unpaired) electrons. The molecular formula is C23H29N7O6. The molecule has 4 atom stereocenters. The summed E-state index contributed by atoms with van der Waals surface area (Å²) in [5.41, 5.74) is 7.97. The molecule has 2 aromatic heterocycles. The van der Waals surface area contributed by atoms with Crippen molar-refractivity contribution in [1.82, 2.24) is 30.9 Å². The number of amides is 3. The fraction of sp³-hybridized carbons (Fsp3) is 0.348. The highest BCUT2D eigenvalue weighted by Crippen LogP contribution is 2.19. The lowest BCUT2D eigenvalue weighted by Gasteiger charge is -2.23. The Bertz CT molecular complexity index is 1210. The van der Waals surface area contributed by atoms with Crippen molar-refractivity contribution in [3.05, 3.63) is 54.2 Å². The minimum atomic E-state index is -1.45. The van der Waals surface area contributed by atoms with Gasteiger partial charge in [0.2, 0.25) is 17.7 Å². The van der Waals surface area contributed by atoms with Crippen molar-refractivity contribution in [2.45, 2.75) is 44.0 Å². The van der Waals surface area contributed by atoms with Crippen LogP contribution in [0.15, 0.2) is 43.0 Å². The molecule has 36 heavy (non-hydrogen) atoms. The Morgan fingerprint density at radius 2 is 1.83 bits per heavy atom. The fourth-order valence-corrected chi connectivity index (χ4v) is 3.64. The molecule has 0 saturated carbocycles. The number of hydrogen-bond donors (Lipinski definition) is 8. The number of carboxylic acids is 1. The molecule has 0 saturated heterocycles. The molecule has 3 aromatic rings. The van der Waals surface area contributed by atoms with Gasteiger partial charge in [0, 0.05) is 41.8 Å². The van der Waals surface area contributed by atoms with Gasteiger partial charge in [-0.3, -0.25) is 14.4 Å². The topological polar surface area (TPSA) is 215 Å². The summed E-state index contributed by atoms with van der Waals surface area (Å²) in [6.07, 6.45) is 3.46. The number of fused-ring (bicyclic) bond motifs is 1. The summed E-state index contributed by atoms with van der Waals surface area (Å²) in [6, 6.07) is 3.63. The smallest absolute Gasteiger partial charge is 0.326 e. The maximum absolute atomic E-state index is 12.8. The first-order chi connectivity index (χ1) is 17.2. The van der Waals surface area contributed by atoms with Crippen molar-refractivity contribution >= 4 is 34.6 Å². The Kier molecular flexibility index (Phi) is 8.76. The molecule has 0 fully saturated rings. The minimum absolute atomic E-state index is 0.0180. The number of imidazole rings is 1. The Morgan fingerprint density at radius 3 is 2.50 bits per heavy atom. The third-order valence-corrected chi connectivity index (χ3v) is 5.55. The van der Waals surface area contributed by atoms with E-state index in [-0.39, 0.29) is 12.8 Å². The molecule has 4 unspecified atom stereocenters. The quantitative estimate of drug-likeness (QED) is 0.147. The van der Waals surface area contributed by atoms with Crippen LogP contribution >= 0.6 is 0 Å². The van der Waals surface area contributed by atoms with Crippen molar-refractivity contribution in [1.29, 1.82) is 0 Å². The van der Waals surface area contributed by atoms with E-state index in [0.29, 0.717) is 11.3 Å². The zero-order valence-corrected chi connectivity index (χ0v) is 19.5. The number of carbonyl (C=O) groups is 4. The Morgan fingerprint density at radius 1 is 1.08 bits per heavy atom. The molecule has 13 heteroatoms. The van der Waals surface area contributed by atoms with Crippen LogP contribution in [0, 0.1) is 0 Å². The van der Waals surface area contributed by atoms with Crippen molar-refractivity contribution < 1.29 is 29.4 Å². The minimum Gasteiger partial charge on any atom is -0.480 e. The average molecular weight is 500 g/mol. The maximum Gasteiger partial charge on any atom is 0.326 e. The third-order valence-electron chi connectivity index (χ3n) is 5.55. The number of benzene rings is 1. The largest absolute Gasteiger partial charge is 0.480 e. The average Bonchev–Trinajstić information content (AvgIpc) is 3.50. The van der Waals surface area contributed by atoms with Crippen LogP contribution in [0.25, 0.3) is 10.9 Å². The van der Waals surface area contributed by atoms with E-state index >= 15 is 0 Å². The molecular weight excluding hydrogens is 470 g/mol. The van der Waals surface area contributed by atoms with E-state index in [2.05, 4.69) is 30.9 Å². The molecule has 13 nitrogen and oxygen atoms in total. The van der Waals surface area contributed by atoms with E-state index in [4.69, 9.17) is 5.73 Å². The number of aliphatic hydroxyl groups excluding tert-OH is 1. The summed E-state index contributed by atoms with van der Waals surface area (Å²) in [5.74, 6) is -3.51. The van der Waals surface area contributed by atoms with Crippen molar-refractivity contribution in [3.63, 3.8) is 0 Å². The molecule has 0 aliphatic heterocycles. The second kappa shape index (κ2) is 12.0. The fourth-order valence-electron chi connectivity index (χ4n) is 3.64. The summed E-state index contributed by atoms with van der Waals surface area (Å²) < 4.78 is 0. The van der Waals surface area contributed by atoms with Gasteiger partial charge in [0.15, 0.2) is 0 Å². The number of nitrogens with one attached hydrogen (secondary N) is 5. The van der Waals surface area contributed by atoms with Gasteiger partial charge in [-0.25, -0.2) is 9.78 Å². The SMILES string of the molecule is CC(O)C(NC(=O)CNC(=O)C(N)Cc1cnc[nH]1)C(=O)NC(Cc1c[nH]c2ccccc12)C(=O)O. The van der Waals surface area contributed by atoms with Gasteiger partial charge in [0.05, 0.1) is 25.0 Å². The molecule has 0 bridgehead atoms. The summed E-state index contributed by atoms with van der Waals surface area (Å²) in [4.78, 5) is 58.8. The third kappa shape index (κ3) is 6.90. The van der Waals surface area contributed by atoms with Crippen LogP contribution in [-0.2, 0) is 32.0 Å². The number of hydrogen-bond acceptors (Lipinski definition) is 7. The molecule has 9 N–H and O–H groups in total. The Hall–Kier alpha value is -4.23. The first-order valence-corrected chi connectivity index (χ1v) is 11.2. The molecule has 0 aliphatic rings. The molecule has 192 valence electrons. The van der Waals surface area contributed by atoms with Crippen LogP contribution in [0.5, 0.6) is 0 Å². The van der Waals surface area contributed by atoms with Crippen molar-refractivity contribution in [2.24, 2.45) is 5.73 Å². The monoisotopic (exact) mass is 499 g/mol. The number of nitrogens with zero attached hydrogens (tertiary/aromatic N) is 1. The van der Waals surface area contributed by atoms with Gasteiger partial charge < -0.3 is 41.9 Å². The van der Waals surface area contributed by atoms with Crippen LogP contribution in [0.2, 0.25) is 0 Å². The van der Waals surface area contributed by atoms with Crippen LogP contribution in [-0.4, -0.2) is 79.6 Å². The molecule has 3 amide bonds. The first kappa shape index (κ1) is 26.4. The number of rotatable bonds is 12. The van der Waals surface area contributed by atoms with Gasteiger partial charge in [-0.1, -0.05) is 18.2 Å². The predicted molar refractivity (Wildman–Crippen MR) is 128 cm³/mol. The zero-order valence-electron chi connectivity index (χ0n) is 19.5. The van der Waals surface area contributed by atoms with E-state index in [1.165, 1.54) is 19.4 Å². The van der Waals surface area contributed by atoms with E-state index in [0.717, 1.165) is 10.9 Å². The van der Waals surface area contributed by atoms with E-state index < -0.39 is 54.5 Å². The van der Waals surface area contributed by atoms with E-state index in [9.17, 15) is 29.4 Å². The number of para-hydroxylation sites is 1. The van der Waals surface area contributed by atoms with E-state index in [1.54, 1.807) is 6.20 Å². The second-order valence-corrected chi connectivity index (χ2v) is 8.35. The summed E-state index contributed by atoms with van der Waals surface area (Å²) in [6.45, 7) is 0.780. The summed E-state index contributed by atoms with van der Waals surface area (Å²) in [5, 5.41) is 27.6. The van der Waals surface area contributed by atoms with Crippen LogP contribution < -0.4 is 21.7 Å². The number of aliphatic carboxylic acids is 1. The lowest BCUT2D eigenvalue weighted by molar-refractivity contribution is -0.142. The lowest BCUT2D eigenvalue weighted by atomic mass is 10.0. The molecule has 3 rings (SSSR count). The Labute approximate surface area is 205 Å². The molecule has 1 aromatic carbocycles. The summed E-state index contributed by atoms with van der Waals surface area (Å²) >= 11 is 0. The molecule has 0 aliphatic carbocycles. The summed E-state index contributed by atoms with van der Waals surface area (Å²) in [7, 11) is 0. The Balaban J connectivity index is 1.56. The van der Waals surface area contributed by atoms with Gasteiger partial charge in [-0.2, -0.15) is 0 Å². The first-order valence-electron chi connectivity index (χ1n) is 11.2. The zero-order chi connectivity index (χ0) is 26.2. The number of carbonyl (C=O) groups excluding carboxylic acids is 3. The highest BCUT2D eigenvalue weighted by atomic mass is 16.4. The highest BCUT2D eigenvalue weighted by Gasteiger charge is 2.30. The van der Waals surface area contributed by atoms with Crippen LogP contribution in [0.1, 0.15) is 18.2 Å². The van der Waals surface area contributed by atoms with Gasteiger partial charge in [0.1, 0.15) is 12.1 Å². The van der Waals surface area contributed by atoms with E-state index in [1.807, 2.05) is 24.3 Å². The van der Waals surface area contributed by atoms with Gasteiger partial charge >= 0.3 is 5.97 Å². The van der Waals surface area contributed by atoms with Crippen molar-refractivity contribution in [3.8, 4) is 0 Å². The molecule has 0 spiro atoms. The standard InChI is InChI=1S/C23H29N7O6/c1-12(31)20(30-19(32)10-27-21(33)16(24)7-14-9-25-11-28-14)22(34)29-18(23(35)36)6-13-8-26-17-5-3-2-4-15(13)17/h2-5,8-9,11-12,16,18,20,26,31H,6-7,10,24H2,1H3,(H,25,28)(H,27,33)(H,29,34)(H,30,32)(H,35,36). The molecule has 2 heterocycles. The predicted octanol–water partition coefficient (Wildman–Crippen LogP) is -1.45. The lowest BCUT2D eigenvalue weighted by Crippen LogP contribution is -2.57. The number of aromatic amines is 2. The highest BCUT2D eigenvalue weighted by molar-refractivity contribution is 5.93. The van der Waals surface area contributed by atoms with Crippen molar-refractivity contribution in [2.75, 3.05) is 6.54 Å². The number of aromatic nitrogens is 3. The van der Waals surface area contributed by atoms with Crippen LogP contribution in [0.4, 0.5) is 0 Å². The van der Waals surface area contributed by atoms with Gasteiger partial charge in [-0.15, -0.1) is 0 Å². The number of aliphatic hydroxyl groups is 1.